The van der Waals surface area contributed by atoms with Gasteiger partial charge < -0.3 is 9.68 Å². The van der Waals surface area contributed by atoms with Crippen molar-refractivity contribution in [3.05, 3.63) is 85.7 Å². The van der Waals surface area contributed by atoms with E-state index in [0.717, 1.165) is 22.0 Å². The molecule has 1 heterocycles. The van der Waals surface area contributed by atoms with Crippen molar-refractivity contribution in [2.45, 2.75) is 29.9 Å². The van der Waals surface area contributed by atoms with Crippen LogP contribution in [0.4, 0.5) is 4.39 Å². The van der Waals surface area contributed by atoms with Crippen molar-refractivity contribution < 1.29 is 32.7 Å². The fraction of sp³-hybridized carbons (Fsp3) is 0.333. The van der Waals surface area contributed by atoms with Gasteiger partial charge in [-0.15, -0.1) is 20.2 Å². The predicted octanol–water partition coefficient (Wildman–Crippen LogP) is 2.21. The van der Waals surface area contributed by atoms with Gasteiger partial charge in [0, 0.05) is 13.1 Å². The first-order valence-corrected chi connectivity index (χ1v) is 10.5. The zero-order chi connectivity index (χ0) is 22.8. The minimum absolute atomic E-state index is 0.0394. The summed E-state index contributed by atoms with van der Waals surface area (Å²) in [7, 11) is -4.07. The maximum absolute atomic E-state index is 13.4. The number of piperidine rings is 1. The summed E-state index contributed by atoms with van der Waals surface area (Å²) in [5, 5.41) is 20.0. The maximum Gasteiger partial charge on any atom is 0.295 e. The van der Waals surface area contributed by atoms with Crippen LogP contribution in [0, 0.1) is 33.0 Å². The fourth-order valence-electron chi connectivity index (χ4n) is 3.53. The molecule has 0 aliphatic carbocycles. The van der Waals surface area contributed by atoms with Crippen molar-refractivity contribution in [3.63, 3.8) is 0 Å². The highest BCUT2D eigenvalue weighted by Gasteiger charge is 2.52. The second kappa shape index (κ2) is 8.43. The van der Waals surface area contributed by atoms with Gasteiger partial charge in [-0.2, -0.15) is 4.31 Å². The summed E-state index contributed by atoms with van der Waals surface area (Å²) in [6.07, 6.45) is -2.03. The number of benzene rings is 2. The molecule has 0 unspecified atom stereocenters. The summed E-state index contributed by atoms with van der Waals surface area (Å²) in [6, 6.07) is 10.4. The number of aryl methyl sites for hydroxylation is 1. The molecule has 0 saturated carbocycles. The third-order valence-electron chi connectivity index (χ3n) is 5.06. The summed E-state index contributed by atoms with van der Waals surface area (Å²) in [5.41, 5.74) is -1.13. The van der Waals surface area contributed by atoms with E-state index in [2.05, 4.69) is 4.84 Å². The average Bonchev–Trinajstić information content (AvgIpc) is 2.69. The van der Waals surface area contributed by atoms with Crippen molar-refractivity contribution in [1.82, 2.24) is 4.31 Å². The molecule has 2 atom stereocenters. The highest BCUT2D eigenvalue weighted by atomic mass is 32.2. The van der Waals surface area contributed by atoms with Crippen LogP contribution in [0.5, 0.6) is 0 Å². The zero-order valence-corrected chi connectivity index (χ0v) is 17.0. The van der Waals surface area contributed by atoms with Crippen LogP contribution >= 0.6 is 0 Å². The van der Waals surface area contributed by atoms with Crippen molar-refractivity contribution in [2.75, 3.05) is 13.1 Å². The van der Waals surface area contributed by atoms with Gasteiger partial charge in [0.15, 0.2) is 11.7 Å². The molecule has 1 saturated heterocycles. The van der Waals surface area contributed by atoms with Crippen LogP contribution in [0.25, 0.3) is 0 Å². The third-order valence-corrected chi connectivity index (χ3v) is 6.94. The number of hydrogen-bond donors (Lipinski definition) is 0. The Kier molecular flexibility index (Phi) is 6.08. The summed E-state index contributed by atoms with van der Waals surface area (Å²) < 4.78 is 40.4. The molecule has 11 nitrogen and oxygen atoms in total. The van der Waals surface area contributed by atoms with Crippen LogP contribution in [0.3, 0.4) is 0 Å². The van der Waals surface area contributed by atoms with Crippen LogP contribution in [0.1, 0.15) is 17.5 Å². The van der Waals surface area contributed by atoms with Crippen LogP contribution in [0.2, 0.25) is 0 Å². The summed E-state index contributed by atoms with van der Waals surface area (Å²) in [6.45, 7) is 0.936. The van der Waals surface area contributed by atoms with E-state index in [0.29, 0.717) is 0 Å². The molecule has 0 aromatic heterocycles. The lowest BCUT2D eigenvalue weighted by Crippen LogP contribution is -2.58. The number of rotatable bonds is 7. The second-order valence-corrected chi connectivity index (χ2v) is 8.89. The van der Waals surface area contributed by atoms with Gasteiger partial charge in [-0.3, -0.25) is 0 Å². The SMILES string of the molecule is Cc1ccc(S(=O)(=O)N2CC[C@@](O[N+](=O)[O-])(c3ccc(F)cc3)[C@@H](O[N+](=O)[O-])C2)cc1. The molecule has 2 aromatic rings. The zero-order valence-electron chi connectivity index (χ0n) is 16.2. The summed E-state index contributed by atoms with van der Waals surface area (Å²) in [5.74, 6) is -0.633. The molecule has 1 aliphatic heterocycles. The number of nitrogens with zero attached hydrogens (tertiary/aromatic N) is 3. The largest absolute Gasteiger partial charge is 0.306 e. The topological polar surface area (TPSA) is 142 Å². The van der Waals surface area contributed by atoms with E-state index < -0.39 is 44.3 Å². The predicted molar refractivity (Wildman–Crippen MR) is 103 cm³/mol. The van der Waals surface area contributed by atoms with Crippen LogP contribution in [0.15, 0.2) is 53.4 Å². The van der Waals surface area contributed by atoms with E-state index in [9.17, 15) is 33.0 Å². The lowest BCUT2D eigenvalue weighted by atomic mass is 9.82. The molecule has 0 amide bonds. The fourth-order valence-corrected chi connectivity index (χ4v) is 4.97. The van der Waals surface area contributed by atoms with Crippen molar-refractivity contribution in [2.24, 2.45) is 0 Å². The lowest BCUT2D eigenvalue weighted by molar-refractivity contribution is -0.814. The van der Waals surface area contributed by atoms with Gasteiger partial charge in [0.05, 0.1) is 4.90 Å². The quantitative estimate of drug-likeness (QED) is 0.457. The molecule has 1 fully saturated rings. The molecular formula is C18H18FN3O8S. The van der Waals surface area contributed by atoms with Gasteiger partial charge in [0.1, 0.15) is 5.82 Å². The van der Waals surface area contributed by atoms with E-state index in [4.69, 9.17) is 4.84 Å². The summed E-state index contributed by atoms with van der Waals surface area (Å²) in [4.78, 5) is 31.8. The Labute approximate surface area is 176 Å². The van der Waals surface area contributed by atoms with E-state index >= 15 is 0 Å². The van der Waals surface area contributed by atoms with Crippen molar-refractivity contribution in [1.29, 1.82) is 0 Å². The molecule has 0 radical (unpaired) electrons. The van der Waals surface area contributed by atoms with Gasteiger partial charge in [-0.05, 0) is 43.2 Å². The molecule has 0 bridgehead atoms. The first-order chi connectivity index (χ1) is 14.5. The maximum atomic E-state index is 13.4. The van der Waals surface area contributed by atoms with Gasteiger partial charge in [0.2, 0.25) is 10.0 Å². The van der Waals surface area contributed by atoms with E-state index in [1.807, 2.05) is 0 Å². The molecule has 1 aliphatic rings. The van der Waals surface area contributed by atoms with Crippen molar-refractivity contribution in [3.8, 4) is 0 Å². The summed E-state index contributed by atoms with van der Waals surface area (Å²) >= 11 is 0. The Morgan fingerprint density at radius 1 is 1.06 bits per heavy atom. The van der Waals surface area contributed by atoms with Crippen molar-refractivity contribution >= 4 is 10.0 Å². The van der Waals surface area contributed by atoms with E-state index in [1.54, 1.807) is 19.1 Å². The molecule has 166 valence electrons. The Balaban J connectivity index is 2.02. The highest BCUT2D eigenvalue weighted by molar-refractivity contribution is 7.89. The Morgan fingerprint density at radius 2 is 1.68 bits per heavy atom. The highest BCUT2D eigenvalue weighted by Crippen LogP contribution is 2.40. The minimum Gasteiger partial charge on any atom is -0.306 e. The Morgan fingerprint density at radius 3 is 2.23 bits per heavy atom. The standard InChI is InChI=1S/C18H18FN3O8S/c1-13-2-8-16(9-3-13)31(27,28)20-11-10-18(30-22(25)26,17(12-20)29-21(23)24)14-4-6-15(19)7-5-14/h2-9,17H,10-12H2,1H3/t17-,18+/m0/s1. The number of halogens is 1. The average molecular weight is 455 g/mol. The smallest absolute Gasteiger partial charge is 0.295 e. The number of sulfonamides is 1. The monoisotopic (exact) mass is 455 g/mol. The molecule has 13 heteroatoms. The number of hydrogen-bond acceptors (Lipinski definition) is 8. The molecular weight excluding hydrogens is 437 g/mol. The van der Waals surface area contributed by atoms with Crippen LogP contribution in [-0.4, -0.2) is 42.1 Å². The normalized spacial score (nSPS) is 21.9. The first-order valence-electron chi connectivity index (χ1n) is 9.02. The van der Waals surface area contributed by atoms with Gasteiger partial charge >= 0.3 is 0 Å². The lowest BCUT2D eigenvalue weighted by Gasteiger charge is -2.44. The molecule has 3 rings (SSSR count). The third kappa shape index (κ3) is 4.56. The molecule has 31 heavy (non-hydrogen) atoms. The van der Waals surface area contributed by atoms with Gasteiger partial charge in [-0.1, -0.05) is 29.8 Å². The minimum atomic E-state index is -4.07. The van der Waals surface area contributed by atoms with E-state index in [1.165, 1.54) is 24.3 Å². The Bertz CT molecular complexity index is 1080. The molecule has 2 aromatic carbocycles. The molecule has 0 spiro atoms. The Hall–Kier alpha value is -3.32. The van der Waals surface area contributed by atoms with E-state index in [-0.39, 0.29) is 23.4 Å². The van der Waals surface area contributed by atoms with Gasteiger partial charge in [0.25, 0.3) is 10.2 Å². The van der Waals surface area contributed by atoms with Gasteiger partial charge in [-0.25, -0.2) is 12.8 Å². The van der Waals surface area contributed by atoms with Crippen LogP contribution in [-0.2, 0) is 25.3 Å². The first kappa shape index (κ1) is 22.4. The van der Waals surface area contributed by atoms with Crippen LogP contribution < -0.4 is 0 Å². The molecule has 0 N–H and O–H groups in total. The second-order valence-electron chi connectivity index (χ2n) is 6.96.